The lowest BCUT2D eigenvalue weighted by Gasteiger charge is -2.19. The monoisotopic (exact) mass is 258 g/mol. The van der Waals surface area contributed by atoms with Crippen LogP contribution in [0.25, 0.3) is 0 Å². The fourth-order valence-electron chi connectivity index (χ4n) is 2.75. The summed E-state index contributed by atoms with van der Waals surface area (Å²) < 4.78 is 10.9. The summed E-state index contributed by atoms with van der Waals surface area (Å²) in [6.45, 7) is 8.67. The second-order valence-corrected chi connectivity index (χ2v) is 5.11. The second-order valence-electron chi connectivity index (χ2n) is 5.11. The molecule has 18 heavy (non-hydrogen) atoms. The number of nitrogens with zero attached hydrogens (tertiary/aromatic N) is 1. The van der Waals surface area contributed by atoms with Gasteiger partial charge in [-0.25, -0.2) is 0 Å². The van der Waals surface area contributed by atoms with Gasteiger partial charge in [-0.1, -0.05) is 13.8 Å². The molecule has 0 radical (unpaired) electrons. The lowest BCUT2D eigenvalue weighted by atomic mass is 10.1. The highest BCUT2D eigenvalue weighted by atomic mass is 16.5. The van der Waals surface area contributed by atoms with E-state index in [0.717, 1.165) is 26.2 Å². The molecular weight excluding hydrogens is 228 g/mol. The summed E-state index contributed by atoms with van der Waals surface area (Å²) in [5.74, 6) is 0. The predicted molar refractivity (Wildman–Crippen MR) is 75.0 cm³/mol. The Hall–Kier alpha value is -0.160. The molecule has 4 heteroatoms. The van der Waals surface area contributed by atoms with Crippen LogP contribution in [0.15, 0.2) is 0 Å². The van der Waals surface area contributed by atoms with Crippen molar-refractivity contribution < 1.29 is 9.47 Å². The molecule has 0 aromatic carbocycles. The number of methoxy groups -OCH3 is 2. The number of nitrogens with one attached hydrogen (secondary N) is 1. The Morgan fingerprint density at radius 1 is 1.17 bits per heavy atom. The van der Waals surface area contributed by atoms with Gasteiger partial charge in [0, 0.05) is 33.4 Å². The molecule has 0 saturated carbocycles. The number of rotatable bonds is 9. The normalized spacial score (nSPS) is 26.7. The average molecular weight is 258 g/mol. The molecule has 1 rings (SSSR count). The van der Waals surface area contributed by atoms with Crippen LogP contribution in [0.2, 0.25) is 0 Å². The average Bonchev–Trinajstić information content (AvgIpc) is 2.80. The summed E-state index contributed by atoms with van der Waals surface area (Å²) in [5.41, 5.74) is 0. The van der Waals surface area contributed by atoms with E-state index in [0.29, 0.717) is 6.04 Å². The van der Waals surface area contributed by atoms with E-state index in [1.165, 1.54) is 19.3 Å². The zero-order valence-electron chi connectivity index (χ0n) is 12.4. The molecule has 0 amide bonds. The molecule has 0 aliphatic carbocycles. The van der Waals surface area contributed by atoms with Crippen molar-refractivity contribution >= 4 is 0 Å². The van der Waals surface area contributed by atoms with E-state index in [1.807, 2.05) is 0 Å². The van der Waals surface area contributed by atoms with Crippen molar-refractivity contribution in [3.05, 3.63) is 0 Å². The molecule has 1 N–H and O–H groups in total. The lowest BCUT2D eigenvalue weighted by Crippen LogP contribution is -2.30. The van der Waals surface area contributed by atoms with Gasteiger partial charge in [0.1, 0.15) is 0 Å². The second kappa shape index (κ2) is 8.86. The first-order valence-corrected chi connectivity index (χ1v) is 7.26. The SMILES string of the molecule is CCNC(CC)CCCN1CC(OC)C(OC)C1. The van der Waals surface area contributed by atoms with Crippen molar-refractivity contribution in [2.24, 2.45) is 0 Å². The number of ether oxygens (including phenoxy) is 2. The van der Waals surface area contributed by atoms with E-state index in [9.17, 15) is 0 Å². The number of likely N-dealkylation sites (tertiary alicyclic amines) is 1. The maximum absolute atomic E-state index is 5.45. The zero-order valence-corrected chi connectivity index (χ0v) is 12.4. The fraction of sp³-hybridized carbons (Fsp3) is 1.00. The maximum atomic E-state index is 5.45. The Bertz CT molecular complexity index is 202. The van der Waals surface area contributed by atoms with E-state index in [1.54, 1.807) is 14.2 Å². The predicted octanol–water partition coefficient (Wildman–Crippen LogP) is 1.50. The molecule has 4 nitrogen and oxygen atoms in total. The third-order valence-corrected chi connectivity index (χ3v) is 3.91. The summed E-state index contributed by atoms with van der Waals surface area (Å²) in [7, 11) is 3.55. The minimum absolute atomic E-state index is 0.241. The van der Waals surface area contributed by atoms with Gasteiger partial charge >= 0.3 is 0 Å². The van der Waals surface area contributed by atoms with E-state index < -0.39 is 0 Å². The first-order valence-electron chi connectivity index (χ1n) is 7.26. The minimum atomic E-state index is 0.241. The Labute approximate surface area is 112 Å². The Kier molecular flexibility index (Phi) is 7.82. The largest absolute Gasteiger partial charge is 0.377 e. The molecule has 3 unspecified atom stereocenters. The molecular formula is C14H30N2O2. The summed E-state index contributed by atoms with van der Waals surface area (Å²) >= 11 is 0. The van der Waals surface area contributed by atoms with Gasteiger partial charge in [0.15, 0.2) is 0 Å². The fourth-order valence-corrected chi connectivity index (χ4v) is 2.75. The lowest BCUT2D eigenvalue weighted by molar-refractivity contribution is -0.00461. The summed E-state index contributed by atoms with van der Waals surface area (Å²) in [6.07, 6.45) is 4.21. The van der Waals surface area contributed by atoms with E-state index in [4.69, 9.17) is 9.47 Å². The first-order chi connectivity index (χ1) is 8.74. The summed E-state index contributed by atoms with van der Waals surface area (Å²) in [6, 6.07) is 0.675. The topological polar surface area (TPSA) is 33.7 Å². The van der Waals surface area contributed by atoms with Crippen LogP contribution < -0.4 is 5.32 Å². The van der Waals surface area contributed by atoms with Gasteiger partial charge in [-0.05, 0) is 32.4 Å². The van der Waals surface area contributed by atoms with Crippen LogP contribution in [0.3, 0.4) is 0 Å². The summed E-state index contributed by atoms with van der Waals surface area (Å²) in [4.78, 5) is 2.46. The van der Waals surface area contributed by atoms with E-state index in [-0.39, 0.29) is 12.2 Å². The van der Waals surface area contributed by atoms with Gasteiger partial charge in [-0.3, -0.25) is 4.90 Å². The van der Waals surface area contributed by atoms with Crippen LogP contribution in [0.1, 0.15) is 33.1 Å². The summed E-state index contributed by atoms with van der Waals surface area (Å²) in [5, 5.41) is 3.53. The van der Waals surface area contributed by atoms with Crippen LogP contribution >= 0.6 is 0 Å². The van der Waals surface area contributed by atoms with Crippen molar-refractivity contribution in [3.63, 3.8) is 0 Å². The van der Waals surface area contributed by atoms with Crippen molar-refractivity contribution in [2.45, 2.75) is 51.4 Å². The molecule has 0 aromatic heterocycles. The third kappa shape index (κ3) is 4.84. The van der Waals surface area contributed by atoms with E-state index in [2.05, 4.69) is 24.1 Å². The number of hydrogen-bond donors (Lipinski definition) is 1. The van der Waals surface area contributed by atoms with Gasteiger partial charge in [0.25, 0.3) is 0 Å². The first kappa shape index (κ1) is 15.9. The van der Waals surface area contributed by atoms with Gasteiger partial charge in [0.05, 0.1) is 12.2 Å². The van der Waals surface area contributed by atoms with Gasteiger partial charge in [0.2, 0.25) is 0 Å². The molecule has 108 valence electrons. The highest BCUT2D eigenvalue weighted by Crippen LogP contribution is 2.16. The van der Waals surface area contributed by atoms with Crippen molar-refractivity contribution in [1.29, 1.82) is 0 Å². The highest BCUT2D eigenvalue weighted by Gasteiger charge is 2.32. The smallest absolute Gasteiger partial charge is 0.0971 e. The highest BCUT2D eigenvalue weighted by molar-refractivity contribution is 4.85. The Morgan fingerprint density at radius 3 is 2.22 bits per heavy atom. The molecule has 0 bridgehead atoms. The number of hydrogen-bond acceptors (Lipinski definition) is 4. The maximum Gasteiger partial charge on any atom is 0.0971 e. The van der Waals surface area contributed by atoms with E-state index >= 15 is 0 Å². The molecule has 0 spiro atoms. The van der Waals surface area contributed by atoms with Gasteiger partial charge in [-0.15, -0.1) is 0 Å². The van der Waals surface area contributed by atoms with Crippen molar-refractivity contribution in [2.75, 3.05) is 40.4 Å². The van der Waals surface area contributed by atoms with Crippen LogP contribution in [0.5, 0.6) is 0 Å². The third-order valence-electron chi connectivity index (χ3n) is 3.91. The van der Waals surface area contributed by atoms with Crippen LogP contribution in [-0.2, 0) is 9.47 Å². The van der Waals surface area contributed by atoms with Gasteiger partial charge < -0.3 is 14.8 Å². The Balaban J connectivity index is 2.20. The van der Waals surface area contributed by atoms with Crippen molar-refractivity contribution in [1.82, 2.24) is 10.2 Å². The zero-order chi connectivity index (χ0) is 13.4. The standard InChI is InChI=1S/C14H30N2O2/c1-5-12(15-6-2)8-7-9-16-10-13(17-3)14(11-16)18-4/h12-15H,5-11H2,1-4H3. The molecule has 1 saturated heterocycles. The van der Waals surface area contributed by atoms with Crippen LogP contribution in [0.4, 0.5) is 0 Å². The molecule has 1 aliphatic rings. The molecule has 3 atom stereocenters. The van der Waals surface area contributed by atoms with Crippen molar-refractivity contribution in [3.8, 4) is 0 Å². The molecule has 1 fully saturated rings. The van der Waals surface area contributed by atoms with Gasteiger partial charge in [-0.2, -0.15) is 0 Å². The quantitative estimate of drug-likeness (QED) is 0.679. The van der Waals surface area contributed by atoms with Crippen LogP contribution in [0, 0.1) is 0 Å². The molecule has 1 aliphatic heterocycles. The Morgan fingerprint density at radius 2 is 1.78 bits per heavy atom. The molecule has 1 heterocycles. The van der Waals surface area contributed by atoms with Crippen LogP contribution in [-0.4, -0.2) is 63.5 Å². The minimum Gasteiger partial charge on any atom is -0.377 e. The molecule has 0 aromatic rings.